The standard InChI is InChI=1S/C17H29FN2O4/c1-8-12(19-14(21)23-16(2,3)4)9-10-13(11-18)20-15(22)24-17(5,6)7/h1,12-13H,9-11H2,2-7H3,(H,19,21)(H,20,22). The van der Waals surface area contributed by atoms with Crippen molar-refractivity contribution in [3.05, 3.63) is 0 Å². The Kier molecular flexibility index (Phi) is 8.59. The number of nitrogens with one attached hydrogen (secondary N) is 2. The Morgan fingerprint density at radius 2 is 1.46 bits per heavy atom. The Morgan fingerprint density at radius 1 is 1.00 bits per heavy atom. The van der Waals surface area contributed by atoms with Gasteiger partial charge in [-0.1, -0.05) is 5.92 Å². The highest BCUT2D eigenvalue weighted by Crippen LogP contribution is 2.10. The number of rotatable bonds is 6. The predicted octanol–water partition coefficient (Wildman–Crippen LogP) is 3.16. The van der Waals surface area contributed by atoms with Gasteiger partial charge in [-0.3, -0.25) is 0 Å². The van der Waals surface area contributed by atoms with Crippen LogP contribution < -0.4 is 10.6 Å². The summed E-state index contributed by atoms with van der Waals surface area (Å²) in [6.07, 6.45) is 4.58. The fourth-order valence-electron chi connectivity index (χ4n) is 1.68. The van der Waals surface area contributed by atoms with Gasteiger partial charge in [0.15, 0.2) is 0 Å². The maximum Gasteiger partial charge on any atom is 0.408 e. The average molecular weight is 344 g/mol. The number of hydrogen-bond acceptors (Lipinski definition) is 4. The highest BCUT2D eigenvalue weighted by Gasteiger charge is 2.22. The summed E-state index contributed by atoms with van der Waals surface area (Å²) < 4.78 is 23.2. The average Bonchev–Trinajstić information content (AvgIpc) is 2.37. The predicted molar refractivity (Wildman–Crippen MR) is 90.4 cm³/mol. The van der Waals surface area contributed by atoms with Crippen LogP contribution in [0.1, 0.15) is 54.4 Å². The molecule has 0 aliphatic heterocycles. The van der Waals surface area contributed by atoms with Gasteiger partial charge in [0.2, 0.25) is 0 Å². The molecule has 0 aromatic heterocycles. The second-order valence-corrected chi connectivity index (χ2v) is 7.44. The first-order chi connectivity index (χ1) is 10.9. The van der Waals surface area contributed by atoms with Crippen LogP contribution in [-0.4, -0.2) is 42.1 Å². The normalized spacial score (nSPS) is 14.1. The lowest BCUT2D eigenvalue weighted by atomic mass is 10.1. The van der Waals surface area contributed by atoms with Crippen molar-refractivity contribution in [2.75, 3.05) is 6.67 Å². The summed E-state index contributed by atoms with van der Waals surface area (Å²) in [6.45, 7) is 9.61. The molecule has 0 aliphatic carbocycles. The Morgan fingerprint density at radius 3 is 1.83 bits per heavy atom. The number of hydrogen-bond donors (Lipinski definition) is 2. The van der Waals surface area contributed by atoms with Crippen molar-refractivity contribution in [3.63, 3.8) is 0 Å². The van der Waals surface area contributed by atoms with E-state index in [2.05, 4.69) is 16.6 Å². The first-order valence-corrected chi connectivity index (χ1v) is 7.87. The molecule has 0 aromatic carbocycles. The van der Waals surface area contributed by atoms with E-state index in [0.717, 1.165) is 0 Å². The highest BCUT2D eigenvalue weighted by atomic mass is 19.1. The minimum absolute atomic E-state index is 0.250. The SMILES string of the molecule is C#CC(CCC(CF)NC(=O)OC(C)(C)C)NC(=O)OC(C)(C)C. The van der Waals surface area contributed by atoms with Crippen LogP contribution in [0.2, 0.25) is 0 Å². The molecule has 0 rings (SSSR count). The molecule has 0 saturated heterocycles. The summed E-state index contributed by atoms with van der Waals surface area (Å²) in [5.74, 6) is 2.41. The smallest absolute Gasteiger partial charge is 0.408 e. The molecule has 0 fully saturated rings. The van der Waals surface area contributed by atoms with Crippen LogP contribution in [0.25, 0.3) is 0 Å². The van der Waals surface area contributed by atoms with Crippen molar-refractivity contribution in [2.45, 2.75) is 77.7 Å². The summed E-state index contributed by atoms with van der Waals surface area (Å²) >= 11 is 0. The van der Waals surface area contributed by atoms with Crippen LogP contribution in [0.3, 0.4) is 0 Å². The maximum absolute atomic E-state index is 13.1. The topological polar surface area (TPSA) is 76.7 Å². The molecule has 2 unspecified atom stereocenters. The van der Waals surface area contributed by atoms with Gasteiger partial charge in [-0.2, -0.15) is 0 Å². The summed E-state index contributed by atoms with van der Waals surface area (Å²) in [5, 5.41) is 4.98. The van der Waals surface area contributed by atoms with Gasteiger partial charge in [0.05, 0.1) is 12.1 Å². The molecular weight excluding hydrogens is 315 g/mol. The van der Waals surface area contributed by atoms with Crippen LogP contribution in [0.4, 0.5) is 14.0 Å². The molecule has 0 radical (unpaired) electrons. The van der Waals surface area contributed by atoms with Crippen LogP contribution in [-0.2, 0) is 9.47 Å². The highest BCUT2D eigenvalue weighted by molar-refractivity contribution is 5.69. The molecule has 138 valence electrons. The molecule has 24 heavy (non-hydrogen) atoms. The van der Waals surface area contributed by atoms with Crippen LogP contribution >= 0.6 is 0 Å². The molecular formula is C17H29FN2O4. The second kappa shape index (κ2) is 9.36. The molecule has 0 aliphatic rings. The number of carbonyl (C=O) groups excluding carboxylic acids is 2. The first kappa shape index (κ1) is 22.0. The molecule has 0 aromatic rings. The van der Waals surface area contributed by atoms with Crippen molar-refractivity contribution < 1.29 is 23.5 Å². The zero-order valence-corrected chi connectivity index (χ0v) is 15.4. The van der Waals surface area contributed by atoms with Gasteiger partial charge < -0.3 is 20.1 Å². The number of alkyl halides is 1. The third-order valence-electron chi connectivity index (χ3n) is 2.60. The van der Waals surface area contributed by atoms with E-state index in [1.165, 1.54) is 0 Å². The number of ether oxygens (including phenoxy) is 2. The van der Waals surface area contributed by atoms with Crippen molar-refractivity contribution in [1.82, 2.24) is 10.6 Å². The largest absolute Gasteiger partial charge is 0.444 e. The molecule has 2 atom stereocenters. The second-order valence-electron chi connectivity index (χ2n) is 7.44. The molecule has 7 heteroatoms. The Balaban J connectivity index is 4.41. The van der Waals surface area contributed by atoms with Crippen molar-refractivity contribution in [2.24, 2.45) is 0 Å². The van der Waals surface area contributed by atoms with Crippen molar-refractivity contribution in [1.29, 1.82) is 0 Å². The molecule has 0 saturated carbocycles. The Bertz CT molecular complexity index is 461. The molecule has 0 spiro atoms. The van der Waals surface area contributed by atoms with Gasteiger partial charge in [0.25, 0.3) is 0 Å². The molecule has 2 amide bonds. The van der Waals surface area contributed by atoms with Gasteiger partial charge in [0.1, 0.15) is 17.9 Å². The van der Waals surface area contributed by atoms with Crippen LogP contribution in [0, 0.1) is 12.3 Å². The Labute approximate surface area is 143 Å². The fourth-order valence-corrected chi connectivity index (χ4v) is 1.68. The number of carbonyl (C=O) groups is 2. The zero-order valence-electron chi connectivity index (χ0n) is 15.4. The summed E-state index contributed by atoms with van der Waals surface area (Å²) in [4.78, 5) is 23.3. The van der Waals surface area contributed by atoms with Crippen molar-refractivity contribution >= 4 is 12.2 Å². The summed E-state index contributed by atoms with van der Waals surface area (Å²) in [6, 6.07) is -1.36. The number of alkyl carbamates (subject to hydrolysis) is 2. The van der Waals surface area contributed by atoms with Gasteiger partial charge >= 0.3 is 12.2 Å². The lowest BCUT2D eigenvalue weighted by molar-refractivity contribution is 0.0476. The van der Waals surface area contributed by atoms with E-state index in [0.29, 0.717) is 6.42 Å². The van der Waals surface area contributed by atoms with Gasteiger partial charge in [-0.15, -0.1) is 6.42 Å². The van der Waals surface area contributed by atoms with E-state index in [4.69, 9.17) is 15.9 Å². The minimum atomic E-state index is -0.761. The van der Waals surface area contributed by atoms with Crippen LogP contribution in [0.15, 0.2) is 0 Å². The monoisotopic (exact) mass is 344 g/mol. The summed E-state index contributed by atoms with van der Waals surface area (Å²) in [7, 11) is 0. The zero-order chi connectivity index (χ0) is 19.0. The van der Waals surface area contributed by atoms with Gasteiger partial charge in [-0.25, -0.2) is 14.0 Å². The van der Waals surface area contributed by atoms with E-state index in [1.807, 2.05) is 0 Å². The fraction of sp³-hybridized carbons (Fsp3) is 0.765. The number of amides is 2. The quantitative estimate of drug-likeness (QED) is 0.726. The molecule has 0 bridgehead atoms. The molecule has 2 N–H and O–H groups in total. The third-order valence-corrected chi connectivity index (χ3v) is 2.60. The summed E-state index contributed by atoms with van der Waals surface area (Å²) in [5.41, 5.74) is -1.30. The van der Waals surface area contributed by atoms with Crippen molar-refractivity contribution in [3.8, 4) is 12.3 Å². The lowest BCUT2D eigenvalue weighted by Crippen LogP contribution is -2.42. The number of halogens is 1. The maximum atomic E-state index is 13.1. The minimum Gasteiger partial charge on any atom is -0.444 e. The van der Waals surface area contributed by atoms with Crippen LogP contribution in [0.5, 0.6) is 0 Å². The van der Waals surface area contributed by atoms with E-state index >= 15 is 0 Å². The van der Waals surface area contributed by atoms with E-state index < -0.39 is 42.1 Å². The number of terminal acetylenes is 1. The molecule has 6 nitrogen and oxygen atoms in total. The van der Waals surface area contributed by atoms with E-state index in [9.17, 15) is 14.0 Å². The third kappa shape index (κ3) is 11.6. The Hall–Kier alpha value is -1.97. The van der Waals surface area contributed by atoms with E-state index in [1.54, 1.807) is 41.5 Å². The van der Waals surface area contributed by atoms with Gasteiger partial charge in [-0.05, 0) is 54.4 Å². The first-order valence-electron chi connectivity index (χ1n) is 7.87. The lowest BCUT2D eigenvalue weighted by Gasteiger charge is -2.24. The molecule has 0 heterocycles. The van der Waals surface area contributed by atoms with Gasteiger partial charge in [0, 0.05) is 0 Å². The van der Waals surface area contributed by atoms with E-state index in [-0.39, 0.29) is 6.42 Å².